The van der Waals surface area contributed by atoms with Crippen LogP contribution in [0.15, 0.2) is 84.9 Å². The quantitative estimate of drug-likeness (QED) is 0.377. The van der Waals surface area contributed by atoms with E-state index in [1.54, 1.807) is 12.1 Å². The summed E-state index contributed by atoms with van der Waals surface area (Å²) in [6.07, 6.45) is 2.32. The van der Waals surface area contributed by atoms with Crippen molar-refractivity contribution < 1.29 is 14.7 Å². The van der Waals surface area contributed by atoms with Crippen molar-refractivity contribution in [1.29, 1.82) is 0 Å². The van der Waals surface area contributed by atoms with Gasteiger partial charge in [-0.1, -0.05) is 72.8 Å². The Kier molecular flexibility index (Phi) is 6.84. The number of carbonyl (C=O) groups is 2. The Balaban J connectivity index is 1.66. The molecule has 0 spiro atoms. The summed E-state index contributed by atoms with van der Waals surface area (Å²) >= 11 is 0. The number of aryl methyl sites for hydroxylation is 3. The van der Waals surface area contributed by atoms with Crippen LogP contribution in [-0.2, 0) is 19.3 Å². The van der Waals surface area contributed by atoms with Crippen LogP contribution >= 0.6 is 0 Å². The topological polar surface area (TPSA) is 66.4 Å². The van der Waals surface area contributed by atoms with Crippen molar-refractivity contribution >= 4 is 22.6 Å². The Bertz CT molecular complexity index is 1280. The molecule has 0 aliphatic carbocycles. The Morgan fingerprint density at radius 3 is 1.94 bits per heavy atom. The van der Waals surface area contributed by atoms with E-state index in [4.69, 9.17) is 0 Å². The van der Waals surface area contributed by atoms with Crippen LogP contribution in [0.4, 0.5) is 0 Å². The van der Waals surface area contributed by atoms with E-state index in [0.717, 1.165) is 34.9 Å². The van der Waals surface area contributed by atoms with Gasteiger partial charge in [-0.05, 0) is 66.0 Å². The van der Waals surface area contributed by atoms with Crippen LogP contribution < -0.4 is 5.32 Å². The first kappa shape index (κ1) is 22.3. The zero-order chi connectivity index (χ0) is 23.2. The van der Waals surface area contributed by atoms with Crippen LogP contribution in [0.5, 0.6) is 0 Å². The van der Waals surface area contributed by atoms with Gasteiger partial charge in [0.1, 0.15) is 0 Å². The van der Waals surface area contributed by atoms with E-state index in [1.165, 1.54) is 5.56 Å². The highest BCUT2D eigenvalue weighted by Gasteiger charge is 2.20. The summed E-state index contributed by atoms with van der Waals surface area (Å²) in [6, 6.07) is 27.3. The molecule has 4 aromatic rings. The van der Waals surface area contributed by atoms with E-state index in [-0.39, 0.29) is 11.5 Å². The van der Waals surface area contributed by atoms with Gasteiger partial charge in [0, 0.05) is 17.5 Å². The van der Waals surface area contributed by atoms with Crippen LogP contribution in [-0.4, -0.2) is 23.5 Å². The minimum atomic E-state index is -1.03. The lowest BCUT2D eigenvalue weighted by atomic mass is 9.89. The number of carbonyl (C=O) groups excluding carboxylic acids is 1. The van der Waals surface area contributed by atoms with E-state index < -0.39 is 5.97 Å². The molecular formula is C29H27NO3. The maximum atomic E-state index is 13.1. The number of rotatable bonds is 8. The molecule has 0 aliphatic rings. The number of hydrogen-bond acceptors (Lipinski definition) is 2. The summed E-state index contributed by atoms with van der Waals surface area (Å²) in [5.41, 5.74) is 4.95. The molecule has 2 N–H and O–H groups in total. The fourth-order valence-electron chi connectivity index (χ4n) is 4.31. The van der Waals surface area contributed by atoms with Gasteiger partial charge in [-0.3, -0.25) is 4.79 Å². The van der Waals surface area contributed by atoms with E-state index >= 15 is 0 Å². The SMILES string of the molecule is Cc1ccc(C(=O)NCCc2ccccc2)c2c(C(=O)O)ccc(CCc3ccccc3)c12. The highest BCUT2D eigenvalue weighted by atomic mass is 16.4. The van der Waals surface area contributed by atoms with E-state index in [2.05, 4.69) is 17.4 Å². The summed E-state index contributed by atoms with van der Waals surface area (Å²) in [4.78, 5) is 25.2. The molecule has 4 heteroatoms. The highest BCUT2D eigenvalue weighted by Crippen LogP contribution is 2.30. The lowest BCUT2D eigenvalue weighted by molar-refractivity contribution is 0.0699. The summed E-state index contributed by atoms with van der Waals surface area (Å²) < 4.78 is 0. The molecule has 0 saturated carbocycles. The number of fused-ring (bicyclic) bond motifs is 1. The third-order valence-corrected chi connectivity index (χ3v) is 6.00. The number of hydrogen-bond donors (Lipinski definition) is 2. The third kappa shape index (κ3) is 5.12. The molecule has 33 heavy (non-hydrogen) atoms. The van der Waals surface area contributed by atoms with E-state index in [1.807, 2.05) is 67.6 Å². The first-order valence-electron chi connectivity index (χ1n) is 11.2. The number of carboxylic acids is 1. The Hall–Kier alpha value is -3.92. The van der Waals surface area contributed by atoms with Crippen LogP contribution in [0, 0.1) is 6.92 Å². The lowest BCUT2D eigenvalue weighted by Crippen LogP contribution is -2.26. The van der Waals surface area contributed by atoms with Crippen molar-refractivity contribution in [3.05, 3.63) is 118 Å². The highest BCUT2D eigenvalue weighted by molar-refractivity contribution is 6.15. The van der Waals surface area contributed by atoms with Crippen LogP contribution in [0.2, 0.25) is 0 Å². The van der Waals surface area contributed by atoms with Gasteiger partial charge in [0.25, 0.3) is 5.91 Å². The molecule has 0 fully saturated rings. The normalized spacial score (nSPS) is 10.8. The first-order valence-corrected chi connectivity index (χ1v) is 11.2. The zero-order valence-corrected chi connectivity index (χ0v) is 18.7. The van der Waals surface area contributed by atoms with Crippen molar-refractivity contribution in [2.24, 2.45) is 0 Å². The van der Waals surface area contributed by atoms with Crippen molar-refractivity contribution in [3.8, 4) is 0 Å². The molecule has 166 valence electrons. The maximum absolute atomic E-state index is 13.1. The predicted molar refractivity (Wildman–Crippen MR) is 132 cm³/mol. The van der Waals surface area contributed by atoms with Gasteiger partial charge in [-0.25, -0.2) is 4.79 Å². The third-order valence-electron chi connectivity index (χ3n) is 6.00. The summed E-state index contributed by atoms with van der Waals surface area (Å²) in [6.45, 7) is 2.45. The molecule has 4 aromatic carbocycles. The predicted octanol–water partition coefficient (Wildman–Crippen LogP) is 5.60. The Morgan fingerprint density at radius 1 is 0.697 bits per heavy atom. The van der Waals surface area contributed by atoms with Crippen molar-refractivity contribution in [1.82, 2.24) is 5.32 Å². The number of nitrogens with one attached hydrogen (secondary N) is 1. The largest absolute Gasteiger partial charge is 0.478 e. The molecule has 0 aliphatic heterocycles. The second kappa shape index (κ2) is 10.1. The van der Waals surface area contributed by atoms with Gasteiger partial charge in [0.2, 0.25) is 0 Å². The molecule has 0 unspecified atom stereocenters. The van der Waals surface area contributed by atoms with Gasteiger partial charge < -0.3 is 10.4 Å². The van der Waals surface area contributed by atoms with E-state index in [9.17, 15) is 14.7 Å². The monoisotopic (exact) mass is 437 g/mol. The number of benzene rings is 4. The molecule has 1 amide bonds. The average molecular weight is 438 g/mol. The lowest BCUT2D eigenvalue weighted by Gasteiger charge is -2.16. The Labute approximate surface area is 193 Å². The molecule has 0 bridgehead atoms. The molecule has 4 rings (SSSR count). The maximum Gasteiger partial charge on any atom is 0.336 e. The van der Waals surface area contributed by atoms with Crippen LogP contribution in [0.1, 0.15) is 43.0 Å². The average Bonchev–Trinajstić information content (AvgIpc) is 2.83. The zero-order valence-electron chi connectivity index (χ0n) is 18.7. The molecule has 0 aromatic heterocycles. The molecule has 0 atom stereocenters. The van der Waals surface area contributed by atoms with Crippen LogP contribution in [0.25, 0.3) is 10.8 Å². The van der Waals surface area contributed by atoms with Crippen LogP contribution in [0.3, 0.4) is 0 Å². The number of carboxylic acid groups (broad SMARTS) is 1. The minimum Gasteiger partial charge on any atom is -0.478 e. The first-order chi connectivity index (χ1) is 16.0. The molecule has 0 heterocycles. The Morgan fingerprint density at radius 2 is 1.30 bits per heavy atom. The minimum absolute atomic E-state index is 0.158. The van der Waals surface area contributed by atoms with E-state index in [0.29, 0.717) is 23.9 Å². The fraction of sp³-hybridized carbons (Fsp3) is 0.172. The molecule has 0 saturated heterocycles. The fourth-order valence-corrected chi connectivity index (χ4v) is 4.31. The van der Waals surface area contributed by atoms with Gasteiger partial charge in [0.15, 0.2) is 0 Å². The summed E-state index contributed by atoms with van der Waals surface area (Å²) in [5.74, 6) is -1.28. The van der Waals surface area contributed by atoms with Crippen molar-refractivity contribution in [3.63, 3.8) is 0 Å². The second-order valence-corrected chi connectivity index (χ2v) is 8.23. The standard InChI is InChI=1S/C29H27NO3/c1-20-12-16-24(28(31)30-19-18-22-10-6-3-7-11-22)27-25(29(32)33)17-15-23(26(20)27)14-13-21-8-4-2-5-9-21/h2-12,15-17H,13-14,18-19H2,1H3,(H,30,31)(H,32,33). The van der Waals surface area contributed by atoms with Gasteiger partial charge >= 0.3 is 5.97 Å². The van der Waals surface area contributed by atoms with Gasteiger partial charge in [-0.2, -0.15) is 0 Å². The summed E-state index contributed by atoms with van der Waals surface area (Å²) in [5, 5.41) is 14.2. The van der Waals surface area contributed by atoms with Crippen molar-refractivity contribution in [2.75, 3.05) is 6.54 Å². The molecular weight excluding hydrogens is 410 g/mol. The molecule has 4 nitrogen and oxygen atoms in total. The smallest absolute Gasteiger partial charge is 0.336 e. The molecule has 0 radical (unpaired) electrons. The summed E-state index contributed by atoms with van der Waals surface area (Å²) in [7, 11) is 0. The van der Waals surface area contributed by atoms with Crippen molar-refractivity contribution in [2.45, 2.75) is 26.2 Å². The number of amides is 1. The van der Waals surface area contributed by atoms with Gasteiger partial charge in [-0.15, -0.1) is 0 Å². The second-order valence-electron chi connectivity index (χ2n) is 8.23. The van der Waals surface area contributed by atoms with Gasteiger partial charge in [0.05, 0.1) is 5.56 Å². The number of aromatic carboxylic acids is 1.